The van der Waals surface area contributed by atoms with Crippen LogP contribution in [0.5, 0.6) is 0 Å². The van der Waals surface area contributed by atoms with E-state index in [2.05, 4.69) is 48.3 Å². The van der Waals surface area contributed by atoms with Gasteiger partial charge in [0.25, 0.3) is 5.91 Å². The van der Waals surface area contributed by atoms with Crippen LogP contribution in [0.4, 0.5) is 0 Å². The summed E-state index contributed by atoms with van der Waals surface area (Å²) in [5.74, 6) is 2.45. The first-order chi connectivity index (χ1) is 15.1. The third-order valence-electron chi connectivity index (χ3n) is 5.35. The Bertz CT molecular complexity index is 994. The summed E-state index contributed by atoms with van der Waals surface area (Å²) in [4.78, 5) is 14.4. The molecule has 0 atom stereocenters. The maximum atomic E-state index is 12.5. The van der Waals surface area contributed by atoms with Gasteiger partial charge in [-0.15, -0.1) is 10.2 Å². The Labute approximate surface area is 196 Å². The number of nitrogens with zero attached hydrogens (tertiary/aromatic N) is 3. The summed E-state index contributed by atoms with van der Waals surface area (Å²) in [6.07, 6.45) is 2.24. The molecule has 0 saturated carbocycles. The predicted molar refractivity (Wildman–Crippen MR) is 131 cm³/mol. The number of benzene rings is 2. The van der Waals surface area contributed by atoms with Crippen molar-refractivity contribution in [3.8, 4) is 0 Å². The Hall–Kier alpha value is -1.83. The monoisotopic (exact) mass is 469 g/mol. The molecule has 3 aromatic rings. The quantitative estimate of drug-likeness (QED) is 0.353. The molecule has 0 radical (unpaired) electrons. The van der Waals surface area contributed by atoms with Gasteiger partial charge in [0.15, 0.2) is 8.68 Å². The Balaban J connectivity index is 1.25. The van der Waals surface area contributed by atoms with E-state index >= 15 is 0 Å². The first-order valence-electron chi connectivity index (χ1n) is 10.6. The van der Waals surface area contributed by atoms with Crippen LogP contribution >= 0.6 is 34.9 Å². The SMILES string of the molecule is CC(C)c1ccc(CSc2nnc(SCc3ccc(C(=O)N4CCCC4)cc3)s2)cc1. The van der Waals surface area contributed by atoms with E-state index < -0.39 is 0 Å². The summed E-state index contributed by atoms with van der Waals surface area (Å²) in [7, 11) is 0. The van der Waals surface area contributed by atoms with Gasteiger partial charge in [-0.3, -0.25) is 4.79 Å². The Morgan fingerprint density at radius 2 is 1.42 bits per heavy atom. The maximum Gasteiger partial charge on any atom is 0.253 e. The van der Waals surface area contributed by atoms with Gasteiger partial charge in [0, 0.05) is 30.2 Å². The van der Waals surface area contributed by atoms with E-state index in [0.29, 0.717) is 5.92 Å². The average molecular weight is 470 g/mol. The van der Waals surface area contributed by atoms with E-state index in [1.165, 1.54) is 16.7 Å². The van der Waals surface area contributed by atoms with Crippen LogP contribution < -0.4 is 0 Å². The van der Waals surface area contributed by atoms with Gasteiger partial charge in [-0.25, -0.2) is 0 Å². The second-order valence-electron chi connectivity index (χ2n) is 8.00. The Morgan fingerprint density at radius 1 is 0.903 bits per heavy atom. The lowest BCUT2D eigenvalue weighted by molar-refractivity contribution is 0.0793. The van der Waals surface area contributed by atoms with Gasteiger partial charge >= 0.3 is 0 Å². The topological polar surface area (TPSA) is 46.1 Å². The zero-order chi connectivity index (χ0) is 21.6. The summed E-state index contributed by atoms with van der Waals surface area (Å²) in [6.45, 7) is 6.20. The number of carbonyl (C=O) groups excluding carboxylic acids is 1. The molecule has 4 rings (SSSR count). The third-order valence-corrected chi connectivity index (χ3v) is 8.69. The molecular weight excluding hydrogens is 442 g/mol. The molecule has 2 aromatic carbocycles. The summed E-state index contributed by atoms with van der Waals surface area (Å²) in [6, 6.07) is 16.8. The summed E-state index contributed by atoms with van der Waals surface area (Å²) < 4.78 is 1.98. The van der Waals surface area contributed by atoms with Crippen LogP contribution in [0.1, 0.15) is 59.7 Å². The van der Waals surface area contributed by atoms with E-state index in [1.807, 2.05) is 29.2 Å². The maximum absolute atomic E-state index is 12.5. The van der Waals surface area contributed by atoms with E-state index in [9.17, 15) is 4.79 Å². The largest absolute Gasteiger partial charge is 0.339 e. The van der Waals surface area contributed by atoms with Crippen molar-refractivity contribution in [3.63, 3.8) is 0 Å². The van der Waals surface area contributed by atoms with Crippen molar-refractivity contribution < 1.29 is 4.79 Å². The molecular formula is C24H27N3OS3. The zero-order valence-corrected chi connectivity index (χ0v) is 20.4. The molecule has 1 amide bonds. The highest BCUT2D eigenvalue weighted by Crippen LogP contribution is 2.32. The van der Waals surface area contributed by atoms with Crippen molar-refractivity contribution in [2.45, 2.75) is 52.8 Å². The predicted octanol–water partition coefficient (Wildman–Crippen LogP) is 6.48. The lowest BCUT2D eigenvalue weighted by Gasteiger charge is -2.15. The Kier molecular flexibility index (Phi) is 7.69. The van der Waals surface area contributed by atoms with Crippen molar-refractivity contribution in [1.29, 1.82) is 0 Å². The van der Waals surface area contributed by atoms with E-state index in [-0.39, 0.29) is 5.91 Å². The van der Waals surface area contributed by atoms with Gasteiger partial charge in [-0.05, 0) is 47.6 Å². The summed E-state index contributed by atoms with van der Waals surface area (Å²) >= 11 is 5.08. The lowest BCUT2D eigenvalue weighted by atomic mass is 10.0. The summed E-state index contributed by atoms with van der Waals surface area (Å²) in [5, 5.41) is 8.66. The molecule has 1 aliphatic heterocycles. The van der Waals surface area contributed by atoms with Crippen LogP contribution in [0.2, 0.25) is 0 Å². The molecule has 1 fully saturated rings. The molecule has 1 saturated heterocycles. The number of likely N-dealkylation sites (tertiary alicyclic amines) is 1. The standard InChI is InChI=1S/C24H27N3OS3/c1-17(2)20-9-5-18(6-10-20)15-29-23-25-26-24(31-23)30-16-19-7-11-21(12-8-19)22(28)27-13-3-4-14-27/h5-12,17H,3-4,13-16H2,1-2H3. The number of hydrogen-bond donors (Lipinski definition) is 0. The number of thioether (sulfide) groups is 2. The minimum Gasteiger partial charge on any atom is -0.339 e. The van der Waals surface area contributed by atoms with Crippen LogP contribution in [0.3, 0.4) is 0 Å². The highest BCUT2D eigenvalue weighted by Gasteiger charge is 2.19. The molecule has 0 unspecified atom stereocenters. The summed E-state index contributed by atoms with van der Waals surface area (Å²) in [5.41, 5.74) is 4.66. The van der Waals surface area contributed by atoms with Crippen molar-refractivity contribution in [2.24, 2.45) is 0 Å². The fourth-order valence-electron chi connectivity index (χ4n) is 3.45. The molecule has 0 aliphatic carbocycles. The lowest BCUT2D eigenvalue weighted by Crippen LogP contribution is -2.27. The van der Waals surface area contributed by atoms with Crippen LogP contribution in [0, 0.1) is 0 Å². The van der Waals surface area contributed by atoms with Crippen LogP contribution in [0.25, 0.3) is 0 Å². The normalized spacial score (nSPS) is 13.8. The van der Waals surface area contributed by atoms with Crippen molar-refractivity contribution >= 4 is 40.8 Å². The van der Waals surface area contributed by atoms with Crippen LogP contribution in [0.15, 0.2) is 57.2 Å². The molecule has 2 heterocycles. The minimum absolute atomic E-state index is 0.154. The first kappa shape index (κ1) is 22.4. The molecule has 0 spiro atoms. The third kappa shape index (κ3) is 6.11. The molecule has 31 heavy (non-hydrogen) atoms. The van der Waals surface area contributed by atoms with E-state index in [4.69, 9.17) is 0 Å². The fourth-order valence-corrected chi connectivity index (χ4v) is 6.38. The molecule has 162 valence electrons. The fraction of sp³-hybridized carbons (Fsp3) is 0.375. The number of hydrogen-bond acceptors (Lipinski definition) is 6. The second kappa shape index (κ2) is 10.7. The van der Waals surface area contributed by atoms with E-state index in [1.54, 1.807) is 34.9 Å². The van der Waals surface area contributed by atoms with Crippen LogP contribution in [-0.2, 0) is 11.5 Å². The smallest absolute Gasteiger partial charge is 0.253 e. The van der Waals surface area contributed by atoms with Gasteiger partial charge in [-0.1, -0.05) is 85.1 Å². The van der Waals surface area contributed by atoms with Crippen molar-refractivity contribution in [3.05, 3.63) is 70.8 Å². The molecule has 4 nitrogen and oxygen atoms in total. The second-order valence-corrected chi connectivity index (χ2v) is 11.4. The number of amides is 1. The minimum atomic E-state index is 0.154. The van der Waals surface area contributed by atoms with Gasteiger partial charge in [0.2, 0.25) is 0 Å². The molecule has 7 heteroatoms. The Morgan fingerprint density at radius 3 is 1.94 bits per heavy atom. The zero-order valence-electron chi connectivity index (χ0n) is 17.9. The van der Waals surface area contributed by atoms with Gasteiger partial charge in [-0.2, -0.15) is 0 Å². The van der Waals surface area contributed by atoms with Crippen molar-refractivity contribution in [1.82, 2.24) is 15.1 Å². The molecule has 0 bridgehead atoms. The highest BCUT2D eigenvalue weighted by atomic mass is 32.2. The highest BCUT2D eigenvalue weighted by molar-refractivity contribution is 8.02. The van der Waals surface area contributed by atoms with Crippen molar-refractivity contribution in [2.75, 3.05) is 13.1 Å². The van der Waals surface area contributed by atoms with E-state index in [0.717, 1.165) is 51.7 Å². The van der Waals surface area contributed by atoms with Gasteiger partial charge < -0.3 is 4.90 Å². The van der Waals surface area contributed by atoms with Crippen LogP contribution in [-0.4, -0.2) is 34.1 Å². The first-order valence-corrected chi connectivity index (χ1v) is 13.4. The number of rotatable bonds is 8. The molecule has 0 N–H and O–H groups in total. The molecule has 1 aromatic heterocycles. The molecule has 1 aliphatic rings. The van der Waals surface area contributed by atoms with Gasteiger partial charge in [0.1, 0.15) is 0 Å². The number of aromatic nitrogens is 2. The number of carbonyl (C=O) groups is 1. The van der Waals surface area contributed by atoms with Gasteiger partial charge in [0.05, 0.1) is 0 Å². The average Bonchev–Trinajstić information content (AvgIpc) is 3.49.